The van der Waals surface area contributed by atoms with E-state index in [0.29, 0.717) is 19.1 Å². The monoisotopic (exact) mass is 341 g/mol. The predicted octanol–water partition coefficient (Wildman–Crippen LogP) is 1.21. The molecule has 0 aliphatic carbocycles. The Morgan fingerprint density at radius 3 is 2.39 bits per heavy atom. The first kappa shape index (κ1) is 17.0. The van der Waals surface area contributed by atoms with Crippen LogP contribution in [0.25, 0.3) is 0 Å². The lowest BCUT2D eigenvalue weighted by molar-refractivity contribution is 0.0762. The van der Waals surface area contributed by atoms with Gasteiger partial charge in [0, 0.05) is 45.3 Å². The number of nitrogens with zero attached hydrogens (tertiary/aromatic N) is 3. The summed E-state index contributed by atoms with van der Waals surface area (Å²) in [6.45, 7) is 7.78. The van der Waals surface area contributed by atoms with Crippen LogP contribution < -0.4 is 0 Å². The molecule has 2 aliphatic rings. The van der Waals surface area contributed by atoms with Gasteiger partial charge in [-0.05, 0) is 31.9 Å². The minimum Gasteiger partial charge on any atom is -0.468 e. The molecule has 0 saturated carbocycles. The molecule has 3 rings (SSSR count). The van der Waals surface area contributed by atoms with Gasteiger partial charge in [-0.15, -0.1) is 0 Å². The molecular formula is C16H27N3O3S. The van der Waals surface area contributed by atoms with Crippen LogP contribution >= 0.6 is 0 Å². The minimum atomic E-state index is -3.03. The van der Waals surface area contributed by atoms with Crippen LogP contribution in [0.4, 0.5) is 0 Å². The van der Waals surface area contributed by atoms with Gasteiger partial charge in [0.2, 0.25) is 10.0 Å². The highest BCUT2D eigenvalue weighted by Crippen LogP contribution is 2.20. The zero-order chi connectivity index (χ0) is 16.3. The van der Waals surface area contributed by atoms with E-state index in [9.17, 15) is 8.42 Å². The maximum Gasteiger partial charge on any atom is 0.213 e. The normalized spacial score (nSPS) is 23.3. The highest BCUT2D eigenvalue weighted by molar-refractivity contribution is 7.89. The smallest absolute Gasteiger partial charge is 0.213 e. The molecule has 2 saturated heterocycles. The maximum atomic E-state index is 11.9. The first-order chi connectivity index (χ1) is 11.1. The number of piperazine rings is 1. The highest BCUT2D eigenvalue weighted by atomic mass is 32.2. The molecular weight excluding hydrogens is 314 g/mol. The van der Waals surface area contributed by atoms with E-state index in [1.54, 1.807) is 17.5 Å². The summed E-state index contributed by atoms with van der Waals surface area (Å²) in [6, 6.07) is 4.56. The van der Waals surface area contributed by atoms with Crippen LogP contribution in [0.15, 0.2) is 22.8 Å². The molecule has 6 nitrogen and oxygen atoms in total. The fourth-order valence-corrected chi connectivity index (χ4v) is 4.68. The van der Waals surface area contributed by atoms with Crippen LogP contribution in [0.2, 0.25) is 0 Å². The summed E-state index contributed by atoms with van der Waals surface area (Å²) in [7, 11) is -3.03. The molecule has 0 N–H and O–H groups in total. The number of likely N-dealkylation sites (tertiary alicyclic amines) is 1. The SMILES string of the molecule is CCS(=O)(=O)N1CCN(C2CCN(Cc3ccco3)CC2)CC1. The molecule has 1 aromatic heterocycles. The number of furan rings is 1. The zero-order valence-corrected chi connectivity index (χ0v) is 14.7. The fourth-order valence-electron chi connectivity index (χ4n) is 3.59. The van der Waals surface area contributed by atoms with Crippen molar-refractivity contribution in [2.75, 3.05) is 45.0 Å². The van der Waals surface area contributed by atoms with Crippen molar-refractivity contribution >= 4 is 10.0 Å². The third-order valence-electron chi connectivity index (χ3n) is 5.06. The van der Waals surface area contributed by atoms with Crippen LogP contribution in [-0.2, 0) is 16.6 Å². The number of hydrogen-bond donors (Lipinski definition) is 0. The van der Waals surface area contributed by atoms with Crippen LogP contribution in [-0.4, -0.2) is 73.6 Å². The van der Waals surface area contributed by atoms with Gasteiger partial charge in [0.05, 0.1) is 18.6 Å². The van der Waals surface area contributed by atoms with Crippen molar-refractivity contribution < 1.29 is 12.8 Å². The van der Waals surface area contributed by atoms with E-state index >= 15 is 0 Å². The largest absolute Gasteiger partial charge is 0.468 e. The van der Waals surface area contributed by atoms with Gasteiger partial charge in [0.25, 0.3) is 0 Å². The molecule has 0 amide bonds. The summed E-state index contributed by atoms with van der Waals surface area (Å²) in [6.07, 6.45) is 4.04. The van der Waals surface area contributed by atoms with Gasteiger partial charge in [-0.1, -0.05) is 0 Å². The maximum absolute atomic E-state index is 11.9. The number of sulfonamides is 1. The summed E-state index contributed by atoms with van der Waals surface area (Å²) in [4.78, 5) is 4.92. The molecule has 0 spiro atoms. The Hall–Kier alpha value is -0.890. The van der Waals surface area contributed by atoms with Crippen molar-refractivity contribution in [2.45, 2.75) is 32.4 Å². The molecule has 0 bridgehead atoms. The molecule has 0 atom stereocenters. The molecule has 2 fully saturated rings. The molecule has 7 heteroatoms. The van der Waals surface area contributed by atoms with Gasteiger partial charge < -0.3 is 4.42 Å². The highest BCUT2D eigenvalue weighted by Gasteiger charge is 2.30. The molecule has 0 radical (unpaired) electrons. The van der Waals surface area contributed by atoms with E-state index in [4.69, 9.17) is 4.42 Å². The Bertz CT molecular complexity index is 572. The van der Waals surface area contributed by atoms with Gasteiger partial charge in [-0.25, -0.2) is 8.42 Å². The lowest BCUT2D eigenvalue weighted by Gasteiger charge is -2.42. The van der Waals surface area contributed by atoms with Crippen molar-refractivity contribution in [2.24, 2.45) is 0 Å². The Kier molecular flexibility index (Phi) is 5.41. The van der Waals surface area contributed by atoms with Crippen molar-refractivity contribution in [1.29, 1.82) is 0 Å². The van der Waals surface area contributed by atoms with Crippen molar-refractivity contribution in [1.82, 2.24) is 14.1 Å². The van der Waals surface area contributed by atoms with E-state index in [1.165, 1.54) is 0 Å². The van der Waals surface area contributed by atoms with Crippen molar-refractivity contribution in [3.05, 3.63) is 24.2 Å². The minimum absolute atomic E-state index is 0.207. The zero-order valence-electron chi connectivity index (χ0n) is 13.9. The predicted molar refractivity (Wildman–Crippen MR) is 89.6 cm³/mol. The van der Waals surface area contributed by atoms with Crippen LogP contribution in [0, 0.1) is 0 Å². The van der Waals surface area contributed by atoms with Gasteiger partial charge in [-0.2, -0.15) is 4.31 Å². The van der Waals surface area contributed by atoms with E-state index in [0.717, 1.165) is 51.3 Å². The molecule has 1 aromatic rings. The second-order valence-corrected chi connectivity index (χ2v) is 8.68. The Balaban J connectivity index is 1.44. The number of piperidine rings is 1. The first-order valence-electron chi connectivity index (χ1n) is 8.55. The number of hydrogen-bond acceptors (Lipinski definition) is 5. The molecule has 23 heavy (non-hydrogen) atoms. The van der Waals surface area contributed by atoms with Crippen molar-refractivity contribution in [3.63, 3.8) is 0 Å². The van der Waals surface area contributed by atoms with Crippen LogP contribution in [0.3, 0.4) is 0 Å². The molecule has 0 unspecified atom stereocenters. The van der Waals surface area contributed by atoms with Gasteiger partial charge in [0.15, 0.2) is 0 Å². The Morgan fingerprint density at radius 2 is 1.83 bits per heavy atom. The summed E-state index contributed by atoms with van der Waals surface area (Å²) in [5.74, 6) is 1.24. The summed E-state index contributed by atoms with van der Waals surface area (Å²) in [5.41, 5.74) is 0. The van der Waals surface area contributed by atoms with E-state index in [1.807, 2.05) is 12.1 Å². The fraction of sp³-hybridized carbons (Fsp3) is 0.750. The summed E-state index contributed by atoms with van der Waals surface area (Å²) in [5, 5.41) is 0. The van der Waals surface area contributed by atoms with Gasteiger partial charge in [-0.3, -0.25) is 9.80 Å². The standard InChI is InChI=1S/C16H27N3O3S/c1-2-23(20,21)19-11-9-18(10-12-19)15-5-7-17(8-6-15)14-16-4-3-13-22-16/h3-4,13,15H,2,5-12,14H2,1H3. The van der Waals surface area contributed by atoms with Crippen LogP contribution in [0.5, 0.6) is 0 Å². The molecule has 3 heterocycles. The third kappa shape index (κ3) is 4.15. The average Bonchev–Trinajstić information content (AvgIpc) is 3.09. The topological polar surface area (TPSA) is 57.0 Å². The lowest BCUT2D eigenvalue weighted by atomic mass is 10.0. The second-order valence-electron chi connectivity index (χ2n) is 6.42. The lowest BCUT2D eigenvalue weighted by Crippen LogP contribution is -2.54. The average molecular weight is 341 g/mol. The van der Waals surface area contributed by atoms with Crippen molar-refractivity contribution in [3.8, 4) is 0 Å². The van der Waals surface area contributed by atoms with E-state index in [-0.39, 0.29) is 5.75 Å². The third-order valence-corrected chi connectivity index (χ3v) is 6.95. The molecule has 130 valence electrons. The summed E-state index contributed by atoms with van der Waals surface area (Å²) >= 11 is 0. The van der Waals surface area contributed by atoms with Crippen LogP contribution in [0.1, 0.15) is 25.5 Å². The molecule has 2 aliphatic heterocycles. The quantitative estimate of drug-likeness (QED) is 0.806. The number of rotatable bonds is 5. The Labute approximate surface area is 139 Å². The second kappa shape index (κ2) is 7.34. The van der Waals surface area contributed by atoms with E-state index < -0.39 is 10.0 Å². The Morgan fingerprint density at radius 1 is 1.13 bits per heavy atom. The van der Waals surface area contributed by atoms with Gasteiger partial charge in [0.1, 0.15) is 5.76 Å². The molecule has 0 aromatic carbocycles. The first-order valence-corrected chi connectivity index (χ1v) is 10.2. The van der Waals surface area contributed by atoms with E-state index in [2.05, 4.69) is 9.80 Å². The van der Waals surface area contributed by atoms with Gasteiger partial charge >= 0.3 is 0 Å². The summed E-state index contributed by atoms with van der Waals surface area (Å²) < 4.78 is 30.9.